The fourth-order valence-electron chi connectivity index (χ4n) is 13.7. The molecule has 0 saturated carbocycles. The summed E-state index contributed by atoms with van der Waals surface area (Å²) in [7, 11) is 0. The number of hydrogen-bond acceptors (Lipinski definition) is 2. The van der Waals surface area contributed by atoms with Crippen molar-refractivity contribution in [3.05, 3.63) is 281 Å². The Morgan fingerprint density at radius 1 is 0.309 bits per heavy atom. The molecule has 0 radical (unpaired) electrons. The molecule has 0 atom stereocenters. The van der Waals surface area contributed by atoms with Crippen LogP contribution in [0.1, 0.15) is 44.5 Å². The maximum absolute atomic E-state index is 2.65. The van der Waals surface area contributed by atoms with E-state index >= 15 is 0 Å². The molecule has 16 rings (SSSR count). The zero-order valence-electron chi connectivity index (χ0n) is 36.9. The summed E-state index contributed by atoms with van der Waals surface area (Å²) in [6.45, 7) is 0. The molecule has 2 heteroatoms. The van der Waals surface area contributed by atoms with Gasteiger partial charge in [-0.15, -0.1) is 11.3 Å². The zero-order valence-corrected chi connectivity index (χ0v) is 37.7. The molecule has 0 saturated heterocycles. The van der Waals surface area contributed by atoms with E-state index in [-0.39, 0.29) is 0 Å². The summed E-state index contributed by atoms with van der Waals surface area (Å²) in [5, 5.41) is 5.13. The predicted octanol–water partition coefficient (Wildman–Crippen LogP) is 17.4. The lowest BCUT2D eigenvalue weighted by Crippen LogP contribution is -2.26. The van der Waals surface area contributed by atoms with Crippen LogP contribution in [0.25, 0.3) is 75.5 Å². The van der Waals surface area contributed by atoms with E-state index < -0.39 is 10.8 Å². The Balaban J connectivity index is 1.05. The third-order valence-corrected chi connectivity index (χ3v) is 17.3. The van der Waals surface area contributed by atoms with Gasteiger partial charge in [0.25, 0.3) is 0 Å². The zero-order chi connectivity index (χ0) is 44.3. The molecule has 12 aromatic rings. The van der Waals surface area contributed by atoms with Crippen molar-refractivity contribution in [2.45, 2.75) is 10.8 Å². The van der Waals surface area contributed by atoms with E-state index in [0.717, 1.165) is 5.69 Å². The molecule has 0 aliphatic heterocycles. The van der Waals surface area contributed by atoms with Gasteiger partial charge in [0, 0.05) is 26.7 Å². The highest BCUT2D eigenvalue weighted by molar-refractivity contribution is 7.26. The fraction of sp³-hybridized carbons (Fsp3) is 0.0303. The van der Waals surface area contributed by atoms with Crippen molar-refractivity contribution >= 4 is 59.3 Å². The molecule has 4 aliphatic rings. The van der Waals surface area contributed by atoms with Crippen LogP contribution >= 0.6 is 11.3 Å². The third kappa shape index (κ3) is 4.34. The summed E-state index contributed by atoms with van der Waals surface area (Å²) in [6.07, 6.45) is 0. The third-order valence-electron chi connectivity index (χ3n) is 16.1. The van der Waals surface area contributed by atoms with E-state index in [9.17, 15) is 0 Å². The Morgan fingerprint density at radius 3 is 1.34 bits per heavy atom. The summed E-state index contributed by atoms with van der Waals surface area (Å²) in [4.78, 5) is 2.65. The SMILES string of the molecule is c1ccc2c(c1)-c1ccccc1C21c2ccccc2-c2ccc(N(c3cccc4c3-c3ccccc3C43c4ccccc4-c4ccccc43)c3cc4ccccc4c4c3sc3ccccc34)cc21. The quantitative estimate of drug-likeness (QED) is 0.171. The number of benzene rings is 11. The molecule has 0 fully saturated rings. The normalized spacial score (nSPS) is 14.4. The first-order chi connectivity index (χ1) is 33.8. The summed E-state index contributed by atoms with van der Waals surface area (Å²) >= 11 is 1.91. The van der Waals surface area contributed by atoms with E-state index in [0.29, 0.717) is 0 Å². The van der Waals surface area contributed by atoms with Crippen LogP contribution in [-0.4, -0.2) is 0 Å². The van der Waals surface area contributed by atoms with Gasteiger partial charge in [0.1, 0.15) is 0 Å². The molecule has 314 valence electrons. The van der Waals surface area contributed by atoms with Crippen LogP contribution in [0, 0.1) is 0 Å². The molecule has 11 aromatic carbocycles. The van der Waals surface area contributed by atoms with Gasteiger partial charge < -0.3 is 4.90 Å². The van der Waals surface area contributed by atoms with Crippen LogP contribution in [0.4, 0.5) is 17.1 Å². The summed E-state index contributed by atoms with van der Waals surface area (Å²) in [5.74, 6) is 0. The summed E-state index contributed by atoms with van der Waals surface area (Å²) < 4.78 is 2.58. The maximum atomic E-state index is 2.65. The van der Waals surface area contributed by atoms with E-state index in [1.54, 1.807) is 0 Å². The molecule has 4 aliphatic carbocycles. The lowest BCUT2D eigenvalue weighted by molar-refractivity contribution is 0.793. The number of nitrogens with zero attached hydrogens (tertiary/aromatic N) is 1. The Bertz CT molecular complexity index is 4080. The predicted molar refractivity (Wildman–Crippen MR) is 284 cm³/mol. The minimum absolute atomic E-state index is 0.474. The number of anilines is 3. The highest BCUT2D eigenvalue weighted by atomic mass is 32.1. The Labute approximate surface area is 398 Å². The van der Waals surface area contributed by atoms with Gasteiger partial charge in [0.05, 0.1) is 26.9 Å². The Hall–Kier alpha value is -8.30. The van der Waals surface area contributed by atoms with Crippen LogP contribution < -0.4 is 4.90 Å². The van der Waals surface area contributed by atoms with Crippen LogP contribution in [-0.2, 0) is 10.8 Å². The fourth-order valence-corrected chi connectivity index (χ4v) is 14.9. The Morgan fingerprint density at radius 2 is 0.750 bits per heavy atom. The smallest absolute Gasteiger partial charge is 0.0726 e. The molecule has 1 aromatic heterocycles. The van der Waals surface area contributed by atoms with Crippen molar-refractivity contribution in [1.29, 1.82) is 0 Å². The first-order valence-electron chi connectivity index (χ1n) is 23.8. The van der Waals surface area contributed by atoms with E-state index in [1.165, 1.54) is 131 Å². The van der Waals surface area contributed by atoms with Crippen molar-refractivity contribution in [2.75, 3.05) is 4.90 Å². The lowest BCUT2D eigenvalue weighted by Gasteiger charge is -2.33. The molecule has 0 bridgehead atoms. The van der Waals surface area contributed by atoms with Gasteiger partial charge in [-0.1, -0.05) is 206 Å². The molecule has 0 amide bonds. The van der Waals surface area contributed by atoms with Crippen molar-refractivity contribution in [3.63, 3.8) is 0 Å². The first-order valence-corrected chi connectivity index (χ1v) is 24.6. The van der Waals surface area contributed by atoms with Crippen LogP contribution in [0.15, 0.2) is 237 Å². The Kier molecular flexibility index (Phi) is 7.15. The summed E-state index contributed by atoms with van der Waals surface area (Å²) in [6, 6.07) is 90.0. The van der Waals surface area contributed by atoms with E-state index in [1.807, 2.05) is 11.3 Å². The van der Waals surface area contributed by atoms with Crippen LogP contribution in [0.2, 0.25) is 0 Å². The molecule has 2 spiro atoms. The van der Waals surface area contributed by atoms with Crippen LogP contribution in [0.5, 0.6) is 0 Å². The number of thiophene rings is 1. The lowest BCUT2D eigenvalue weighted by atomic mass is 9.70. The molecule has 1 nitrogen and oxygen atoms in total. The minimum Gasteiger partial charge on any atom is -0.308 e. The van der Waals surface area contributed by atoms with Gasteiger partial charge in [0.15, 0.2) is 0 Å². The number of fused-ring (bicyclic) bond motifs is 25. The maximum Gasteiger partial charge on any atom is 0.0726 e. The van der Waals surface area contributed by atoms with Gasteiger partial charge in [-0.05, 0) is 125 Å². The first kappa shape index (κ1) is 36.9. The van der Waals surface area contributed by atoms with E-state index in [4.69, 9.17) is 0 Å². The second-order valence-electron chi connectivity index (χ2n) is 19.0. The number of rotatable bonds is 3. The average molecular weight is 878 g/mol. The molecule has 1 heterocycles. The van der Waals surface area contributed by atoms with Crippen LogP contribution in [0.3, 0.4) is 0 Å². The highest BCUT2D eigenvalue weighted by Gasteiger charge is 2.54. The largest absolute Gasteiger partial charge is 0.308 e. The molecule has 0 N–H and O–H groups in total. The van der Waals surface area contributed by atoms with Crippen molar-refractivity contribution in [3.8, 4) is 44.5 Å². The molecular formula is C66H39NS. The second kappa shape index (κ2) is 13.2. The molecular weight excluding hydrogens is 839 g/mol. The van der Waals surface area contributed by atoms with Gasteiger partial charge in [-0.25, -0.2) is 0 Å². The van der Waals surface area contributed by atoms with Crippen molar-refractivity contribution in [2.24, 2.45) is 0 Å². The highest BCUT2D eigenvalue weighted by Crippen LogP contribution is 2.67. The van der Waals surface area contributed by atoms with Crippen molar-refractivity contribution < 1.29 is 0 Å². The molecule has 68 heavy (non-hydrogen) atoms. The number of hydrogen-bond donors (Lipinski definition) is 0. The summed E-state index contributed by atoms with van der Waals surface area (Å²) in [5.41, 5.74) is 23.7. The van der Waals surface area contributed by atoms with Gasteiger partial charge in [-0.3, -0.25) is 0 Å². The standard InChI is InChI=1S/C66H39NS/c1-2-19-42-40(18-1)38-60(64-62(42)50-26-9-16-35-61(50)68-64)67(41-36-37-48-47-24-7-14-31-55(47)66(58(48)39-41)53-29-12-5-22-45(53)46-23-6-13-30-54(46)66)59-34-17-33-57-63(59)49-25-8-15-32-56(49)65(57)51-27-10-3-20-43(51)44-21-4-11-28-52(44)65/h1-39H. The monoisotopic (exact) mass is 877 g/mol. The van der Waals surface area contributed by atoms with Crippen molar-refractivity contribution in [1.82, 2.24) is 0 Å². The van der Waals surface area contributed by atoms with E-state index in [2.05, 4.69) is 241 Å². The minimum atomic E-state index is -0.482. The average Bonchev–Trinajstić information content (AvgIpc) is 4.18. The van der Waals surface area contributed by atoms with Gasteiger partial charge in [0.2, 0.25) is 0 Å². The topological polar surface area (TPSA) is 3.24 Å². The van der Waals surface area contributed by atoms with Gasteiger partial charge in [-0.2, -0.15) is 0 Å². The molecule has 0 unspecified atom stereocenters. The second-order valence-corrected chi connectivity index (χ2v) is 20.0. The van der Waals surface area contributed by atoms with Gasteiger partial charge >= 0.3 is 0 Å².